The quantitative estimate of drug-likeness (QED) is 0.570. The van der Waals surface area contributed by atoms with Gasteiger partial charge >= 0.3 is 0 Å². The van der Waals surface area contributed by atoms with Gasteiger partial charge in [-0.25, -0.2) is 0 Å². The van der Waals surface area contributed by atoms with E-state index in [0.29, 0.717) is 11.3 Å². The van der Waals surface area contributed by atoms with E-state index in [-0.39, 0.29) is 5.41 Å². The van der Waals surface area contributed by atoms with Gasteiger partial charge in [-0.15, -0.1) is 0 Å². The third kappa shape index (κ3) is 3.78. The molecule has 1 saturated heterocycles. The summed E-state index contributed by atoms with van der Waals surface area (Å²) in [5.74, 6) is 0.309. The van der Waals surface area contributed by atoms with E-state index >= 15 is 0 Å². The maximum atomic E-state index is 7.55. The van der Waals surface area contributed by atoms with Crippen molar-refractivity contribution in [3.8, 4) is 0 Å². The summed E-state index contributed by atoms with van der Waals surface area (Å²) in [6, 6.07) is 0. The highest BCUT2D eigenvalue weighted by molar-refractivity contribution is 5.82. The van der Waals surface area contributed by atoms with E-state index in [4.69, 9.17) is 11.1 Å². The molecule has 0 unspecified atom stereocenters. The first kappa shape index (κ1) is 13.5. The van der Waals surface area contributed by atoms with Crippen LogP contribution in [0.2, 0.25) is 0 Å². The first-order valence-electron chi connectivity index (χ1n) is 6.30. The van der Waals surface area contributed by atoms with Crippen LogP contribution in [0.1, 0.15) is 47.0 Å². The maximum Gasteiger partial charge on any atom is 0.0963 e. The molecule has 0 spiro atoms. The van der Waals surface area contributed by atoms with Crippen LogP contribution in [0.15, 0.2) is 0 Å². The second-order valence-corrected chi connectivity index (χ2v) is 6.59. The molecule has 3 heteroatoms. The van der Waals surface area contributed by atoms with E-state index in [0.717, 1.165) is 13.0 Å². The largest absolute Gasteiger partial charge is 0.387 e. The second kappa shape index (κ2) is 4.74. The Hall–Kier alpha value is -0.570. The van der Waals surface area contributed by atoms with Gasteiger partial charge in [0.15, 0.2) is 0 Å². The fourth-order valence-electron chi connectivity index (χ4n) is 2.31. The van der Waals surface area contributed by atoms with Gasteiger partial charge in [0.2, 0.25) is 0 Å². The van der Waals surface area contributed by atoms with Gasteiger partial charge < -0.3 is 10.6 Å². The maximum absolute atomic E-state index is 7.55. The SMILES string of the molecule is CC1(C)CCCN(CCC(C)(C)C(=N)N)C1. The molecule has 94 valence electrons. The zero-order chi connectivity index (χ0) is 12.4. The fourth-order valence-corrected chi connectivity index (χ4v) is 2.31. The molecule has 0 saturated carbocycles. The van der Waals surface area contributed by atoms with Gasteiger partial charge in [0.25, 0.3) is 0 Å². The third-order valence-corrected chi connectivity index (χ3v) is 3.76. The fraction of sp³-hybridized carbons (Fsp3) is 0.923. The van der Waals surface area contributed by atoms with Crippen LogP contribution < -0.4 is 5.73 Å². The molecule has 3 N–H and O–H groups in total. The van der Waals surface area contributed by atoms with Crippen LogP contribution in [0.4, 0.5) is 0 Å². The monoisotopic (exact) mass is 225 g/mol. The summed E-state index contributed by atoms with van der Waals surface area (Å²) < 4.78 is 0. The molecule has 0 aromatic rings. The molecule has 1 fully saturated rings. The Morgan fingerprint density at radius 2 is 2.06 bits per heavy atom. The number of nitrogens with one attached hydrogen (secondary N) is 1. The van der Waals surface area contributed by atoms with Crippen LogP contribution in [0, 0.1) is 16.2 Å². The van der Waals surface area contributed by atoms with Gasteiger partial charge in [0.1, 0.15) is 0 Å². The zero-order valence-corrected chi connectivity index (χ0v) is 11.3. The lowest BCUT2D eigenvalue weighted by Gasteiger charge is -2.39. The molecular formula is C13H27N3. The average Bonchev–Trinajstić information content (AvgIpc) is 2.13. The molecule has 1 heterocycles. The van der Waals surface area contributed by atoms with E-state index in [9.17, 15) is 0 Å². The summed E-state index contributed by atoms with van der Waals surface area (Å²) in [6.07, 6.45) is 3.62. The molecule has 0 atom stereocenters. The Labute approximate surface area is 99.9 Å². The molecule has 1 aliphatic rings. The molecule has 0 aromatic heterocycles. The van der Waals surface area contributed by atoms with E-state index < -0.39 is 0 Å². The smallest absolute Gasteiger partial charge is 0.0963 e. The highest BCUT2D eigenvalue weighted by Gasteiger charge is 2.28. The molecule has 3 nitrogen and oxygen atoms in total. The summed E-state index contributed by atoms with van der Waals surface area (Å²) in [7, 11) is 0. The normalized spacial score (nSPS) is 22.0. The van der Waals surface area contributed by atoms with Gasteiger partial charge in [-0.1, -0.05) is 27.7 Å². The second-order valence-electron chi connectivity index (χ2n) is 6.59. The highest BCUT2D eigenvalue weighted by atomic mass is 15.1. The summed E-state index contributed by atoms with van der Waals surface area (Å²) in [4.78, 5) is 2.52. The van der Waals surface area contributed by atoms with Crippen molar-refractivity contribution in [3.05, 3.63) is 0 Å². The van der Waals surface area contributed by atoms with Crippen LogP contribution >= 0.6 is 0 Å². The molecule has 0 bridgehead atoms. The van der Waals surface area contributed by atoms with Crippen molar-refractivity contribution >= 4 is 5.84 Å². The minimum atomic E-state index is -0.151. The summed E-state index contributed by atoms with van der Waals surface area (Å²) in [5.41, 5.74) is 5.91. The van der Waals surface area contributed by atoms with Crippen molar-refractivity contribution in [2.45, 2.75) is 47.0 Å². The molecule has 1 aliphatic heterocycles. The highest BCUT2D eigenvalue weighted by Crippen LogP contribution is 2.29. The standard InChI is InChI=1S/C13H27N3/c1-12(2)6-5-8-16(10-12)9-7-13(3,4)11(14)15/h5-10H2,1-4H3,(H3,14,15). The number of nitrogens with two attached hydrogens (primary N) is 1. The molecular weight excluding hydrogens is 198 g/mol. The van der Waals surface area contributed by atoms with Crippen molar-refractivity contribution in [2.24, 2.45) is 16.6 Å². The zero-order valence-electron chi connectivity index (χ0n) is 11.3. The first-order chi connectivity index (χ1) is 7.23. The van der Waals surface area contributed by atoms with Crippen LogP contribution in [-0.4, -0.2) is 30.4 Å². The van der Waals surface area contributed by atoms with Crippen LogP contribution in [0.25, 0.3) is 0 Å². The molecule has 0 amide bonds. The summed E-state index contributed by atoms with van der Waals surface area (Å²) >= 11 is 0. The Balaban J connectivity index is 2.41. The topological polar surface area (TPSA) is 53.1 Å². The number of rotatable bonds is 4. The van der Waals surface area contributed by atoms with Gasteiger partial charge in [-0.3, -0.25) is 5.41 Å². The lowest BCUT2D eigenvalue weighted by molar-refractivity contribution is 0.110. The van der Waals surface area contributed by atoms with Gasteiger partial charge in [-0.05, 0) is 37.8 Å². The van der Waals surface area contributed by atoms with E-state index in [1.807, 2.05) is 0 Å². The Kier molecular flexibility index (Phi) is 4.00. The van der Waals surface area contributed by atoms with Gasteiger partial charge in [-0.2, -0.15) is 0 Å². The number of likely N-dealkylation sites (tertiary alicyclic amines) is 1. The van der Waals surface area contributed by atoms with Crippen LogP contribution in [-0.2, 0) is 0 Å². The minimum Gasteiger partial charge on any atom is -0.387 e. The number of amidine groups is 1. The Morgan fingerprint density at radius 1 is 1.44 bits per heavy atom. The van der Waals surface area contributed by atoms with E-state index in [1.54, 1.807) is 0 Å². The predicted molar refractivity (Wildman–Crippen MR) is 69.8 cm³/mol. The van der Waals surface area contributed by atoms with Crippen LogP contribution in [0.5, 0.6) is 0 Å². The molecule has 0 radical (unpaired) electrons. The molecule has 0 aromatic carbocycles. The Bertz CT molecular complexity index is 256. The predicted octanol–water partition coefficient (Wildman–Crippen LogP) is 2.46. The third-order valence-electron chi connectivity index (χ3n) is 3.76. The molecule has 1 rings (SSSR count). The number of nitrogens with zero attached hydrogens (tertiary/aromatic N) is 1. The van der Waals surface area contributed by atoms with Gasteiger partial charge in [0, 0.05) is 12.0 Å². The molecule has 16 heavy (non-hydrogen) atoms. The van der Waals surface area contributed by atoms with Crippen molar-refractivity contribution in [1.29, 1.82) is 5.41 Å². The van der Waals surface area contributed by atoms with Crippen molar-refractivity contribution in [1.82, 2.24) is 4.90 Å². The summed E-state index contributed by atoms with van der Waals surface area (Å²) in [6.45, 7) is 12.3. The number of hydrogen-bond donors (Lipinski definition) is 2. The lowest BCUT2D eigenvalue weighted by Crippen LogP contribution is -2.42. The summed E-state index contributed by atoms with van der Waals surface area (Å²) in [5, 5.41) is 7.55. The lowest BCUT2D eigenvalue weighted by atomic mass is 9.83. The molecule has 0 aliphatic carbocycles. The van der Waals surface area contributed by atoms with E-state index in [2.05, 4.69) is 32.6 Å². The van der Waals surface area contributed by atoms with E-state index in [1.165, 1.54) is 25.9 Å². The van der Waals surface area contributed by atoms with Crippen molar-refractivity contribution < 1.29 is 0 Å². The van der Waals surface area contributed by atoms with Crippen LogP contribution in [0.3, 0.4) is 0 Å². The van der Waals surface area contributed by atoms with Gasteiger partial charge in [0.05, 0.1) is 5.84 Å². The first-order valence-corrected chi connectivity index (χ1v) is 6.30. The van der Waals surface area contributed by atoms with Crippen molar-refractivity contribution in [2.75, 3.05) is 19.6 Å². The average molecular weight is 225 g/mol. The van der Waals surface area contributed by atoms with Crippen molar-refractivity contribution in [3.63, 3.8) is 0 Å². The Morgan fingerprint density at radius 3 is 2.56 bits per heavy atom. The minimum absolute atomic E-state index is 0.151. The number of hydrogen-bond acceptors (Lipinski definition) is 2. The number of piperidine rings is 1.